The van der Waals surface area contributed by atoms with E-state index in [-0.39, 0.29) is 30.5 Å². The first-order valence-electron chi connectivity index (χ1n) is 6.36. The van der Waals surface area contributed by atoms with Crippen LogP contribution in [-0.4, -0.2) is 58.5 Å². The molecule has 2 aliphatic rings. The molecule has 0 aliphatic carbocycles. The van der Waals surface area contributed by atoms with Gasteiger partial charge in [-0.1, -0.05) is 0 Å². The summed E-state index contributed by atoms with van der Waals surface area (Å²) in [6, 6.07) is -0.206. The van der Waals surface area contributed by atoms with Crippen molar-refractivity contribution < 1.29 is 14.7 Å². The van der Waals surface area contributed by atoms with Gasteiger partial charge in [0.15, 0.2) is 0 Å². The van der Waals surface area contributed by atoms with E-state index in [2.05, 4.69) is 0 Å². The van der Waals surface area contributed by atoms with Gasteiger partial charge >= 0.3 is 0 Å². The molecule has 2 amide bonds. The molecule has 0 saturated carbocycles. The van der Waals surface area contributed by atoms with Gasteiger partial charge in [-0.3, -0.25) is 9.59 Å². The molecule has 17 heavy (non-hydrogen) atoms. The number of hydrogen-bond donors (Lipinski definition) is 1. The molecule has 2 rings (SSSR count). The first kappa shape index (κ1) is 12.4. The first-order valence-corrected chi connectivity index (χ1v) is 6.36. The topological polar surface area (TPSA) is 60.9 Å². The van der Waals surface area contributed by atoms with E-state index in [1.807, 2.05) is 0 Å². The fourth-order valence-corrected chi connectivity index (χ4v) is 2.63. The smallest absolute Gasteiger partial charge is 0.245 e. The van der Waals surface area contributed by atoms with Crippen LogP contribution in [0.4, 0.5) is 0 Å². The zero-order chi connectivity index (χ0) is 12.4. The number of amides is 2. The maximum Gasteiger partial charge on any atom is 0.245 e. The Morgan fingerprint density at radius 3 is 2.94 bits per heavy atom. The summed E-state index contributed by atoms with van der Waals surface area (Å²) in [4.78, 5) is 27.3. The molecule has 1 N–H and O–H groups in total. The van der Waals surface area contributed by atoms with Crippen molar-refractivity contribution >= 4 is 11.8 Å². The lowest BCUT2D eigenvalue weighted by atomic mass is 10.1. The number of carbonyl (C=O) groups is 2. The zero-order valence-corrected chi connectivity index (χ0v) is 10.3. The van der Waals surface area contributed by atoms with Gasteiger partial charge in [-0.25, -0.2) is 0 Å². The van der Waals surface area contributed by atoms with Crippen molar-refractivity contribution in [2.24, 2.45) is 0 Å². The maximum atomic E-state index is 12.1. The second-order valence-electron chi connectivity index (χ2n) is 5.00. The highest BCUT2D eigenvalue weighted by Crippen LogP contribution is 2.23. The van der Waals surface area contributed by atoms with Crippen LogP contribution >= 0.6 is 0 Å². The van der Waals surface area contributed by atoms with Gasteiger partial charge in [0.05, 0.1) is 12.6 Å². The standard InChI is InChI=1S/C12H20N2O3/c1-9(15)4-2-6-13-8-11(16)14-7-3-5-10(14)12(13)17/h9-10,15H,2-8H2,1H3. The lowest BCUT2D eigenvalue weighted by Crippen LogP contribution is -2.57. The quantitative estimate of drug-likeness (QED) is 0.751. The zero-order valence-electron chi connectivity index (χ0n) is 10.3. The largest absolute Gasteiger partial charge is 0.393 e. The minimum Gasteiger partial charge on any atom is -0.393 e. The van der Waals surface area contributed by atoms with Crippen LogP contribution in [0, 0.1) is 0 Å². The number of hydrogen-bond acceptors (Lipinski definition) is 3. The van der Waals surface area contributed by atoms with Crippen molar-refractivity contribution in [1.29, 1.82) is 0 Å². The number of nitrogens with zero attached hydrogens (tertiary/aromatic N) is 2. The van der Waals surface area contributed by atoms with Crippen LogP contribution in [0.3, 0.4) is 0 Å². The van der Waals surface area contributed by atoms with E-state index in [1.165, 1.54) is 0 Å². The first-order chi connectivity index (χ1) is 8.09. The van der Waals surface area contributed by atoms with Gasteiger partial charge in [-0.05, 0) is 32.6 Å². The maximum absolute atomic E-state index is 12.1. The molecule has 0 aromatic carbocycles. The number of rotatable bonds is 4. The molecule has 0 aromatic rings. The highest BCUT2D eigenvalue weighted by Gasteiger charge is 2.41. The number of piperazine rings is 1. The second-order valence-corrected chi connectivity index (χ2v) is 5.00. The van der Waals surface area contributed by atoms with Crippen LogP contribution in [0.5, 0.6) is 0 Å². The third-order valence-corrected chi connectivity index (χ3v) is 3.55. The number of aliphatic hydroxyl groups is 1. The number of fused-ring (bicyclic) bond motifs is 1. The number of carbonyl (C=O) groups excluding carboxylic acids is 2. The molecule has 96 valence electrons. The highest BCUT2D eigenvalue weighted by molar-refractivity contribution is 5.95. The van der Waals surface area contributed by atoms with Gasteiger partial charge in [0.2, 0.25) is 11.8 Å². The van der Waals surface area contributed by atoms with Crippen molar-refractivity contribution in [2.45, 2.75) is 44.8 Å². The Labute approximate surface area is 101 Å². The molecule has 0 bridgehead atoms. The van der Waals surface area contributed by atoms with Crippen LogP contribution in [0.15, 0.2) is 0 Å². The van der Waals surface area contributed by atoms with Crippen molar-refractivity contribution in [1.82, 2.24) is 9.80 Å². The Morgan fingerprint density at radius 1 is 1.47 bits per heavy atom. The van der Waals surface area contributed by atoms with Gasteiger partial charge in [0, 0.05) is 13.1 Å². The van der Waals surface area contributed by atoms with Gasteiger partial charge < -0.3 is 14.9 Å². The molecule has 2 heterocycles. The van der Waals surface area contributed by atoms with Crippen molar-refractivity contribution in [3.05, 3.63) is 0 Å². The third kappa shape index (κ3) is 2.60. The fourth-order valence-electron chi connectivity index (χ4n) is 2.63. The van der Waals surface area contributed by atoms with Crippen molar-refractivity contribution in [3.8, 4) is 0 Å². The minimum atomic E-state index is -0.339. The summed E-state index contributed by atoms with van der Waals surface area (Å²) < 4.78 is 0. The van der Waals surface area contributed by atoms with Crippen molar-refractivity contribution in [2.75, 3.05) is 19.6 Å². The van der Waals surface area contributed by atoms with E-state index in [0.29, 0.717) is 13.0 Å². The summed E-state index contributed by atoms with van der Waals surface area (Å²) in [5, 5.41) is 9.17. The summed E-state index contributed by atoms with van der Waals surface area (Å²) >= 11 is 0. The summed E-state index contributed by atoms with van der Waals surface area (Å²) in [5.74, 6) is 0.164. The van der Waals surface area contributed by atoms with Crippen LogP contribution in [-0.2, 0) is 9.59 Å². The Balaban J connectivity index is 1.90. The SMILES string of the molecule is CC(O)CCCN1CC(=O)N2CCCC2C1=O. The Bertz CT molecular complexity index is 317. The molecule has 0 spiro atoms. The predicted octanol–water partition coefficient (Wildman–Crippen LogP) is -0.0194. The van der Waals surface area contributed by atoms with E-state index < -0.39 is 0 Å². The van der Waals surface area contributed by atoms with Gasteiger partial charge in [0.1, 0.15) is 6.04 Å². The molecule has 2 unspecified atom stereocenters. The molecule has 2 atom stereocenters. The summed E-state index contributed by atoms with van der Waals surface area (Å²) in [7, 11) is 0. The lowest BCUT2D eigenvalue weighted by Gasteiger charge is -2.36. The fraction of sp³-hybridized carbons (Fsp3) is 0.833. The summed E-state index contributed by atoms with van der Waals surface area (Å²) in [6.07, 6.45) is 2.82. The molecular weight excluding hydrogens is 220 g/mol. The Kier molecular flexibility index (Phi) is 3.66. The molecule has 2 fully saturated rings. The summed E-state index contributed by atoms with van der Waals surface area (Å²) in [6.45, 7) is 3.27. The molecule has 5 heteroatoms. The minimum absolute atomic E-state index is 0.0733. The predicted molar refractivity (Wildman–Crippen MR) is 62.2 cm³/mol. The molecule has 5 nitrogen and oxygen atoms in total. The van der Waals surface area contributed by atoms with E-state index in [9.17, 15) is 14.7 Å². The third-order valence-electron chi connectivity index (χ3n) is 3.55. The number of aliphatic hydroxyl groups excluding tert-OH is 1. The monoisotopic (exact) mass is 240 g/mol. The van der Waals surface area contributed by atoms with E-state index in [4.69, 9.17) is 0 Å². The van der Waals surface area contributed by atoms with Crippen LogP contribution in [0.2, 0.25) is 0 Å². The van der Waals surface area contributed by atoms with Gasteiger partial charge in [0.25, 0.3) is 0 Å². The van der Waals surface area contributed by atoms with Gasteiger partial charge in [-0.15, -0.1) is 0 Å². The van der Waals surface area contributed by atoms with Crippen LogP contribution < -0.4 is 0 Å². The van der Waals surface area contributed by atoms with Gasteiger partial charge in [-0.2, -0.15) is 0 Å². The normalized spacial score (nSPS) is 26.4. The van der Waals surface area contributed by atoms with E-state index in [0.717, 1.165) is 25.8 Å². The molecule has 0 radical (unpaired) electrons. The molecular formula is C12H20N2O3. The average molecular weight is 240 g/mol. The Morgan fingerprint density at radius 2 is 2.24 bits per heavy atom. The summed E-state index contributed by atoms with van der Waals surface area (Å²) in [5.41, 5.74) is 0. The van der Waals surface area contributed by atoms with Crippen molar-refractivity contribution in [3.63, 3.8) is 0 Å². The molecule has 0 aromatic heterocycles. The van der Waals surface area contributed by atoms with E-state index in [1.54, 1.807) is 16.7 Å². The second kappa shape index (κ2) is 5.04. The van der Waals surface area contributed by atoms with Crippen LogP contribution in [0.25, 0.3) is 0 Å². The molecule has 2 saturated heterocycles. The van der Waals surface area contributed by atoms with Crippen LogP contribution in [0.1, 0.15) is 32.6 Å². The molecule has 2 aliphatic heterocycles. The highest BCUT2D eigenvalue weighted by atomic mass is 16.3. The Hall–Kier alpha value is -1.10. The lowest BCUT2D eigenvalue weighted by molar-refractivity contribution is -0.153. The average Bonchev–Trinajstić information content (AvgIpc) is 2.74. The van der Waals surface area contributed by atoms with E-state index >= 15 is 0 Å².